The predicted molar refractivity (Wildman–Crippen MR) is 98.0 cm³/mol. The molecule has 0 saturated carbocycles. The lowest BCUT2D eigenvalue weighted by molar-refractivity contribution is 0.0636. The third-order valence-electron chi connectivity index (χ3n) is 2.81. The number of carbonyl (C=O) groups excluding carboxylic acids is 2. The lowest BCUT2D eigenvalue weighted by atomic mass is 10.2. The maximum absolute atomic E-state index is 11.8. The number of carbonyl (C=O) groups is 2. The second-order valence-electron chi connectivity index (χ2n) is 7.03. The van der Waals surface area contributed by atoms with Crippen LogP contribution in [0.5, 0.6) is 5.75 Å². The molecule has 140 valence electrons. The molecule has 1 aromatic rings. The second kappa shape index (κ2) is 9.76. The van der Waals surface area contributed by atoms with Gasteiger partial charge in [0.25, 0.3) is 0 Å². The summed E-state index contributed by atoms with van der Waals surface area (Å²) in [6, 6.07) is 6.78. The summed E-state index contributed by atoms with van der Waals surface area (Å²) in [4.78, 5) is 23.3. The van der Waals surface area contributed by atoms with Gasteiger partial charge in [0.1, 0.15) is 18.0 Å². The van der Waals surface area contributed by atoms with Gasteiger partial charge in [-0.05, 0) is 38.8 Å². The van der Waals surface area contributed by atoms with Gasteiger partial charge in [-0.15, -0.1) is 0 Å². The molecule has 0 aromatic heterocycles. The van der Waals surface area contributed by atoms with Crippen molar-refractivity contribution in [3.05, 3.63) is 24.3 Å². The Bertz CT molecular complexity index is 568. The summed E-state index contributed by atoms with van der Waals surface area (Å²) in [5.74, 6) is 1.00. The minimum atomic E-state index is -0.556. The highest BCUT2D eigenvalue weighted by molar-refractivity contribution is 5.85. The van der Waals surface area contributed by atoms with Crippen molar-refractivity contribution in [3.63, 3.8) is 0 Å². The summed E-state index contributed by atoms with van der Waals surface area (Å²) in [6.45, 7) is 10.8. The Morgan fingerprint density at radius 3 is 2.52 bits per heavy atom. The number of anilines is 1. The quantitative estimate of drug-likeness (QED) is 0.657. The maximum atomic E-state index is 11.8. The van der Waals surface area contributed by atoms with E-state index in [1.54, 1.807) is 45.0 Å². The monoisotopic (exact) mass is 351 g/mol. The number of urea groups is 1. The molecular weight excluding hydrogens is 322 g/mol. The minimum Gasteiger partial charge on any atom is -0.492 e. The highest BCUT2D eigenvalue weighted by Gasteiger charge is 2.16. The number of nitrogens with one attached hydrogen (secondary N) is 3. The van der Waals surface area contributed by atoms with E-state index in [9.17, 15) is 9.59 Å². The molecule has 7 nitrogen and oxygen atoms in total. The molecule has 0 heterocycles. The van der Waals surface area contributed by atoms with E-state index in [-0.39, 0.29) is 6.03 Å². The summed E-state index contributed by atoms with van der Waals surface area (Å²) in [7, 11) is 0. The first-order chi connectivity index (χ1) is 11.7. The van der Waals surface area contributed by atoms with E-state index in [1.165, 1.54) is 0 Å². The van der Waals surface area contributed by atoms with Gasteiger partial charge in [-0.2, -0.15) is 0 Å². The molecule has 0 aliphatic rings. The van der Waals surface area contributed by atoms with Gasteiger partial charge in [-0.25, -0.2) is 9.59 Å². The fourth-order valence-electron chi connectivity index (χ4n) is 1.78. The van der Waals surface area contributed by atoms with Crippen LogP contribution in [0.4, 0.5) is 15.3 Å². The molecule has 0 saturated heterocycles. The molecule has 25 heavy (non-hydrogen) atoms. The first kappa shape index (κ1) is 20.6. The smallest absolute Gasteiger partial charge is 0.412 e. The summed E-state index contributed by atoms with van der Waals surface area (Å²) >= 11 is 0. The Hall–Kier alpha value is -2.44. The fraction of sp³-hybridized carbons (Fsp3) is 0.556. The molecule has 3 amide bonds. The first-order valence-electron chi connectivity index (χ1n) is 8.40. The largest absolute Gasteiger partial charge is 0.492 e. The topological polar surface area (TPSA) is 88.7 Å². The zero-order chi connectivity index (χ0) is 18.9. The van der Waals surface area contributed by atoms with Gasteiger partial charge < -0.3 is 20.1 Å². The number of rotatable bonds is 7. The Kier molecular flexibility index (Phi) is 8.04. The summed E-state index contributed by atoms with van der Waals surface area (Å²) in [5, 5.41) is 8.13. The molecule has 0 aliphatic carbocycles. The number of hydrogen-bond donors (Lipinski definition) is 3. The summed E-state index contributed by atoms with van der Waals surface area (Å²) < 4.78 is 10.8. The van der Waals surface area contributed by atoms with Crippen molar-refractivity contribution in [2.24, 2.45) is 5.92 Å². The Morgan fingerprint density at radius 2 is 1.88 bits per heavy atom. The molecule has 0 fully saturated rings. The predicted octanol–water partition coefficient (Wildman–Crippen LogP) is 3.37. The van der Waals surface area contributed by atoms with E-state index in [1.807, 2.05) is 13.8 Å². The van der Waals surface area contributed by atoms with Gasteiger partial charge in [0, 0.05) is 18.3 Å². The standard InChI is InChI=1S/C18H29N3O4/c1-13(2)12-20-16(22)19-9-10-24-15-8-6-7-14(11-15)21-17(23)25-18(3,4)5/h6-8,11,13H,9-10,12H2,1-5H3,(H,21,23)(H2,19,20,22). The molecule has 1 aromatic carbocycles. The fourth-order valence-corrected chi connectivity index (χ4v) is 1.78. The van der Waals surface area contributed by atoms with Crippen LogP contribution in [0.15, 0.2) is 24.3 Å². The molecule has 0 aliphatic heterocycles. The van der Waals surface area contributed by atoms with Gasteiger partial charge in [0.15, 0.2) is 0 Å². The lowest BCUT2D eigenvalue weighted by Crippen LogP contribution is -2.39. The number of amides is 3. The van der Waals surface area contributed by atoms with Crippen LogP contribution in [0.1, 0.15) is 34.6 Å². The zero-order valence-corrected chi connectivity index (χ0v) is 15.6. The molecule has 1 rings (SSSR count). The van der Waals surface area contributed by atoms with Crippen LogP contribution in [0.25, 0.3) is 0 Å². The number of ether oxygens (including phenoxy) is 2. The second-order valence-corrected chi connectivity index (χ2v) is 7.03. The van der Waals surface area contributed by atoms with Crippen LogP contribution >= 0.6 is 0 Å². The van der Waals surface area contributed by atoms with Crippen molar-refractivity contribution in [2.45, 2.75) is 40.2 Å². The van der Waals surface area contributed by atoms with Crippen molar-refractivity contribution in [3.8, 4) is 5.75 Å². The van der Waals surface area contributed by atoms with Gasteiger partial charge in [-0.1, -0.05) is 19.9 Å². The van der Waals surface area contributed by atoms with Crippen LogP contribution in [0.3, 0.4) is 0 Å². The Balaban J connectivity index is 2.36. The van der Waals surface area contributed by atoms with Crippen LogP contribution in [0, 0.1) is 5.92 Å². The molecule has 3 N–H and O–H groups in total. The third-order valence-corrected chi connectivity index (χ3v) is 2.81. The minimum absolute atomic E-state index is 0.211. The van der Waals surface area contributed by atoms with E-state index in [4.69, 9.17) is 9.47 Å². The molecule has 0 bridgehead atoms. The summed E-state index contributed by atoms with van der Waals surface area (Å²) in [6.07, 6.45) is -0.520. The van der Waals surface area contributed by atoms with Crippen LogP contribution in [0.2, 0.25) is 0 Å². The van der Waals surface area contributed by atoms with Crippen molar-refractivity contribution in [1.82, 2.24) is 10.6 Å². The molecular formula is C18H29N3O4. The third kappa shape index (κ3) is 10.1. The Morgan fingerprint density at radius 1 is 1.16 bits per heavy atom. The van der Waals surface area contributed by atoms with Crippen molar-refractivity contribution >= 4 is 17.8 Å². The highest BCUT2D eigenvalue weighted by atomic mass is 16.6. The molecule has 7 heteroatoms. The van der Waals surface area contributed by atoms with Gasteiger partial charge in [0.05, 0.1) is 6.54 Å². The average molecular weight is 351 g/mol. The molecule has 0 atom stereocenters. The number of benzene rings is 1. The van der Waals surface area contributed by atoms with Crippen molar-refractivity contribution in [2.75, 3.05) is 25.0 Å². The van der Waals surface area contributed by atoms with Crippen molar-refractivity contribution in [1.29, 1.82) is 0 Å². The average Bonchev–Trinajstić information content (AvgIpc) is 2.48. The van der Waals surface area contributed by atoms with E-state index in [0.29, 0.717) is 37.1 Å². The summed E-state index contributed by atoms with van der Waals surface area (Å²) in [5.41, 5.74) is 0.0226. The van der Waals surface area contributed by atoms with Crippen LogP contribution in [-0.2, 0) is 4.74 Å². The number of hydrogen-bond acceptors (Lipinski definition) is 4. The van der Waals surface area contributed by atoms with E-state index in [0.717, 1.165) is 0 Å². The molecule has 0 unspecified atom stereocenters. The normalized spacial score (nSPS) is 11.0. The lowest BCUT2D eigenvalue weighted by Gasteiger charge is -2.19. The van der Waals surface area contributed by atoms with Crippen LogP contribution < -0.4 is 20.7 Å². The SMILES string of the molecule is CC(C)CNC(=O)NCCOc1cccc(NC(=O)OC(C)(C)C)c1. The zero-order valence-electron chi connectivity index (χ0n) is 15.6. The van der Waals surface area contributed by atoms with Crippen molar-refractivity contribution < 1.29 is 19.1 Å². The van der Waals surface area contributed by atoms with E-state index in [2.05, 4.69) is 16.0 Å². The van der Waals surface area contributed by atoms with E-state index >= 15 is 0 Å². The van der Waals surface area contributed by atoms with Crippen LogP contribution in [-0.4, -0.2) is 37.4 Å². The molecule has 0 spiro atoms. The van der Waals surface area contributed by atoms with Gasteiger partial charge in [-0.3, -0.25) is 5.32 Å². The first-order valence-corrected chi connectivity index (χ1v) is 8.40. The van der Waals surface area contributed by atoms with Gasteiger partial charge in [0.2, 0.25) is 0 Å². The molecule has 0 radical (unpaired) electrons. The van der Waals surface area contributed by atoms with Gasteiger partial charge >= 0.3 is 12.1 Å². The maximum Gasteiger partial charge on any atom is 0.412 e. The highest BCUT2D eigenvalue weighted by Crippen LogP contribution is 2.18. The van der Waals surface area contributed by atoms with E-state index < -0.39 is 11.7 Å². The Labute approximate surface area is 149 Å².